The highest BCUT2D eigenvalue weighted by molar-refractivity contribution is 7.09. The molecule has 0 aliphatic carbocycles. The molecule has 0 bridgehead atoms. The standard InChI is InChI=1S/C14H25N3S/c1-3-12-6-5-7-17(9-12)10-13-11-18-14(16-13)8-15-4-2/h11-12,15H,3-10H2,1-2H3. The van der Waals surface area contributed by atoms with Crippen LogP contribution in [0.5, 0.6) is 0 Å². The molecule has 1 unspecified atom stereocenters. The molecule has 2 rings (SSSR count). The van der Waals surface area contributed by atoms with Gasteiger partial charge >= 0.3 is 0 Å². The Morgan fingerprint density at radius 3 is 3.17 bits per heavy atom. The molecule has 1 fully saturated rings. The van der Waals surface area contributed by atoms with Crippen molar-refractivity contribution in [3.8, 4) is 0 Å². The van der Waals surface area contributed by atoms with Crippen molar-refractivity contribution in [2.24, 2.45) is 5.92 Å². The topological polar surface area (TPSA) is 28.2 Å². The van der Waals surface area contributed by atoms with Crippen molar-refractivity contribution in [1.82, 2.24) is 15.2 Å². The van der Waals surface area contributed by atoms with Gasteiger partial charge in [-0.05, 0) is 31.8 Å². The van der Waals surface area contributed by atoms with Crippen LogP contribution in [-0.4, -0.2) is 29.5 Å². The van der Waals surface area contributed by atoms with E-state index in [1.54, 1.807) is 11.3 Å². The minimum absolute atomic E-state index is 0.901. The molecule has 4 heteroatoms. The first-order valence-corrected chi connectivity index (χ1v) is 8.06. The van der Waals surface area contributed by atoms with Crippen molar-refractivity contribution in [3.63, 3.8) is 0 Å². The highest BCUT2D eigenvalue weighted by Crippen LogP contribution is 2.21. The molecule has 1 N–H and O–H groups in total. The third kappa shape index (κ3) is 4.04. The van der Waals surface area contributed by atoms with E-state index in [2.05, 4.69) is 29.4 Å². The monoisotopic (exact) mass is 267 g/mol. The van der Waals surface area contributed by atoms with Gasteiger partial charge in [0.25, 0.3) is 0 Å². The Morgan fingerprint density at radius 1 is 1.50 bits per heavy atom. The highest BCUT2D eigenvalue weighted by atomic mass is 32.1. The number of rotatable bonds is 6. The van der Waals surface area contributed by atoms with Gasteiger partial charge in [0.15, 0.2) is 0 Å². The van der Waals surface area contributed by atoms with Crippen LogP contribution in [0.1, 0.15) is 43.8 Å². The number of nitrogens with zero attached hydrogens (tertiary/aromatic N) is 2. The van der Waals surface area contributed by atoms with E-state index < -0.39 is 0 Å². The lowest BCUT2D eigenvalue weighted by Gasteiger charge is -2.31. The average molecular weight is 267 g/mol. The van der Waals surface area contributed by atoms with Crippen molar-refractivity contribution in [3.05, 3.63) is 16.1 Å². The van der Waals surface area contributed by atoms with Crippen molar-refractivity contribution >= 4 is 11.3 Å². The summed E-state index contributed by atoms with van der Waals surface area (Å²) in [4.78, 5) is 7.28. The molecule has 1 aliphatic heterocycles. The molecular weight excluding hydrogens is 242 g/mol. The van der Waals surface area contributed by atoms with Crippen LogP contribution in [0.4, 0.5) is 0 Å². The number of likely N-dealkylation sites (tertiary alicyclic amines) is 1. The third-order valence-corrected chi connectivity index (χ3v) is 4.59. The van der Waals surface area contributed by atoms with Gasteiger partial charge in [0.1, 0.15) is 5.01 Å². The number of hydrogen-bond acceptors (Lipinski definition) is 4. The van der Waals surface area contributed by atoms with Gasteiger partial charge in [0.2, 0.25) is 0 Å². The van der Waals surface area contributed by atoms with Gasteiger partial charge in [-0.2, -0.15) is 0 Å². The molecule has 1 aliphatic rings. The van der Waals surface area contributed by atoms with Crippen LogP contribution < -0.4 is 5.32 Å². The first-order valence-electron chi connectivity index (χ1n) is 7.18. The van der Waals surface area contributed by atoms with Gasteiger partial charge < -0.3 is 5.32 Å². The smallest absolute Gasteiger partial charge is 0.107 e. The Hall–Kier alpha value is -0.450. The van der Waals surface area contributed by atoms with Crippen LogP contribution in [0.15, 0.2) is 5.38 Å². The molecule has 1 aromatic heterocycles. The van der Waals surface area contributed by atoms with Crippen LogP contribution in [0.2, 0.25) is 0 Å². The predicted molar refractivity (Wildman–Crippen MR) is 77.8 cm³/mol. The molecular formula is C14H25N3S. The second-order valence-electron chi connectivity index (χ2n) is 5.16. The van der Waals surface area contributed by atoms with Gasteiger partial charge in [0.05, 0.1) is 5.69 Å². The molecule has 18 heavy (non-hydrogen) atoms. The lowest BCUT2D eigenvalue weighted by atomic mass is 9.96. The zero-order valence-corrected chi connectivity index (χ0v) is 12.4. The summed E-state index contributed by atoms with van der Waals surface area (Å²) in [6, 6.07) is 0. The SMILES string of the molecule is CCNCc1nc(CN2CCCC(CC)C2)cs1. The normalized spacial score (nSPS) is 21.3. The van der Waals surface area contributed by atoms with Crippen LogP contribution in [0, 0.1) is 5.92 Å². The predicted octanol–water partition coefficient (Wildman–Crippen LogP) is 2.87. The summed E-state index contributed by atoms with van der Waals surface area (Å²) in [5, 5.41) is 6.77. The Bertz CT molecular complexity index is 351. The largest absolute Gasteiger partial charge is 0.311 e. The first-order chi connectivity index (χ1) is 8.81. The van der Waals surface area contributed by atoms with Crippen LogP contribution in [0.25, 0.3) is 0 Å². The molecule has 1 atom stereocenters. The fourth-order valence-electron chi connectivity index (χ4n) is 2.59. The van der Waals surface area contributed by atoms with Gasteiger partial charge in [0, 0.05) is 25.0 Å². The van der Waals surface area contributed by atoms with Crippen molar-refractivity contribution in [2.75, 3.05) is 19.6 Å². The second-order valence-corrected chi connectivity index (χ2v) is 6.11. The van der Waals surface area contributed by atoms with E-state index in [0.29, 0.717) is 0 Å². The summed E-state index contributed by atoms with van der Waals surface area (Å²) in [6.45, 7) is 9.92. The molecule has 1 saturated heterocycles. The Kier molecular flexibility index (Phi) is 5.60. The molecule has 2 heterocycles. The van der Waals surface area contributed by atoms with E-state index in [4.69, 9.17) is 4.98 Å². The Morgan fingerprint density at radius 2 is 2.39 bits per heavy atom. The molecule has 1 aromatic rings. The van der Waals surface area contributed by atoms with E-state index in [1.807, 2.05) is 0 Å². The number of nitrogens with one attached hydrogen (secondary N) is 1. The Labute approximate surface area is 115 Å². The van der Waals surface area contributed by atoms with E-state index in [9.17, 15) is 0 Å². The van der Waals surface area contributed by atoms with Crippen molar-refractivity contribution < 1.29 is 0 Å². The van der Waals surface area contributed by atoms with Crippen LogP contribution >= 0.6 is 11.3 Å². The molecule has 102 valence electrons. The number of piperidine rings is 1. The summed E-state index contributed by atoms with van der Waals surface area (Å²) in [5.41, 5.74) is 1.25. The van der Waals surface area contributed by atoms with E-state index >= 15 is 0 Å². The van der Waals surface area contributed by atoms with E-state index in [0.717, 1.165) is 25.6 Å². The van der Waals surface area contributed by atoms with E-state index in [-0.39, 0.29) is 0 Å². The van der Waals surface area contributed by atoms with Gasteiger partial charge in [-0.3, -0.25) is 4.90 Å². The molecule has 0 aromatic carbocycles. The summed E-state index contributed by atoms with van der Waals surface area (Å²) in [7, 11) is 0. The molecule has 0 amide bonds. The minimum atomic E-state index is 0.901. The van der Waals surface area contributed by atoms with Gasteiger partial charge in [-0.15, -0.1) is 11.3 Å². The van der Waals surface area contributed by atoms with Crippen molar-refractivity contribution in [2.45, 2.75) is 46.2 Å². The second kappa shape index (κ2) is 7.22. The van der Waals surface area contributed by atoms with Crippen molar-refractivity contribution in [1.29, 1.82) is 0 Å². The van der Waals surface area contributed by atoms with Crippen LogP contribution in [-0.2, 0) is 13.1 Å². The zero-order chi connectivity index (χ0) is 12.8. The zero-order valence-electron chi connectivity index (χ0n) is 11.6. The number of aromatic nitrogens is 1. The van der Waals surface area contributed by atoms with Gasteiger partial charge in [-0.25, -0.2) is 4.98 Å². The molecule has 0 spiro atoms. The van der Waals surface area contributed by atoms with E-state index in [1.165, 1.54) is 43.1 Å². The van der Waals surface area contributed by atoms with Crippen LogP contribution in [0.3, 0.4) is 0 Å². The molecule has 0 radical (unpaired) electrons. The maximum absolute atomic E-state index is 4.71. The number of hydrogen-bond donors (Lipinski definition) is 1. The molecule has 3 nitrogen and oxygen atoms in total. The summed E-state index contributed by atoms with van der Waals surface area (Å²) in [6.07, 6.45) is 4.09. The third-order valence-electron chi connectivity index (χ3n) is 3.69. The fourth-order valence-corrected chi connectivity index (χ4v) is 3.35. The summed E-state index contributed by atoms with van der Waals surface area (Å²) in [5.74, 6) is 0.901. The first kappa shape index (κ1) is 14.0. The highest BCUT2D eigenvalue weighted by Gasteiger charge is 2.19. The fraction of sp³-hybridized carbons (Fsp3) is 0.786. The summed E-state index contributed by atoms with van der Waals surface area (Å²) >= 11 is 1.78. The summed E-state index contributed by atoms with van der Waals surface area (Å²) < 4.78 is 0. The lowest BCUT2D eigenvalue weighted by molar-refractivity contribution is 0.163. The maximum atomic E-state index is 4.71. The number of thiazole rings is 1. The van der Waals surface area contributed by atoms with Gasteiger partial charge in [-0.1, -0.05) is 20.3 Å². The quantitative estimate of drug-likeness (QED) is 0.859. The average Bonchev–Trinajstić information content (AvgIpc) is 2.84. The molecule has 0 saturated carbocycles. The minimum Gasteiger partial charge on any atom is -0.311 e. The maximum Gasteiger partial charge on any atom is 0.107 e. The lowest BCUT2D eigenvalue weighted by Crippen LogP contribution is -2.34. The Balaban J connectivity index is 1.83.